The molecule has 12 heavy (non-hydrogen) atoms. The first-order valence-electron chi connectivity index (χ1n) is 4.44. The second-order valence-corrected chi connectivity index (χ2v) is 3.39. The average Bonchev–Trinajstić information content (AvgIpc) is 2.52. The molecule has 0 heteroatoms. The van der Waals surface area contributed by atoms with Gasteiger partial charge in [-0.3, -0.25) is 0 Å². The van der Waals surface area contributed by atoms with Crippen LogP contribution in [0.5, 0.6) is 0 Å². The Morgan fingerprint density at radius 1 is 0.917 bits per heavy atom. The van der Waals surface area contributed by atoms with Crippen LogP contribution in [-0.4, -0.2) is 0 Å². The van der Waals surface area contributed by atoms with Crippen molar-refractivity contribution in [3.63, 3.8) is 0 Å². The summed E-state index contributed by atoms with van der Waals surface area (Å²) in [6.45, 7) is 0. The Morgan fingerprint density at radius 2 is 1.75 bits per heavy atom. The predicted octanol–water partition coefficient (Wildman–Crippen LogP) is 3.07. The SMILES string of the molecule is C1=CC2=CCC=C3C=CC(=C23)C1. The van der Waals surface area contributed by atoms with Gasteiger partial charge >= 0.3 is 0 Å². The van der Waals surface area contributed by atoms with E-state index in [2.05, 4.69) is 36.5 Å². The molecule has 0 fully saturated rings. The fourth-order valence-corrected chi connectivity index (χ4v) is 2.11. The van der Waals surface area contributed by atoms with Crippen LogP contribution in [0.4, 0.5) is 0 Å². The molecule has 3 aliphatic carbocycles. The van der Waals surface area contributed by atoms with Gasteiger partial charge in [0.25, 0.3) is 0 Å². The molecule has 0 unspecified atom stereocenters. The van der Waals surface area contributed by atoms with Crippen LogP contribution < -0.4 is 0 Å². The zero-order chi connectivity index (χ0) is 7.97. The Labute approximate surface area is 72.3 Å². The van der Waals surface area contributed by atoms with Crippen molar-refractivity contribution in [3.05, 3.63) is 58.7 Å². The molecule has 0 atom stereocenters. The van der Waals surface area contributed by atoms with Crippen LogP contribution in [0.25, 0.3) is 0 Å². The largest absolute Gasteiger partial charge is 0.0795 e. The molecule has 0 nitrogen and oxygen atoms in total. The van der Waals surface area contributed by atoms with Gasteiger partial charge in [0.15, 0.2) is 0 Å². The minimum atomic E-state index is 1.09. The lowest BCUT2D eigenvalue weighted by molar-refractivity contribution is 1.17. The fraction of sp³-hybridized carbons (Fsp3) is 0.167. The third-order valence-electron chi connectivity index (χ3n) is 2.67. The zero-order valence-corrected chi connectivity index (χ0v) is 6.88. The molecule has 0 aromatic heterocycles. The number of rotatable bonds is 0. The van der Waals surface area contributed by atoms with Crippen molar-refractivity contribution in [3.8, 4) is 0 Å². The van der Waals surface area contributed by atoms with E-state index < -0.39 is 0 Å². The zero-order valence-electron chi connectivity index (χ0n) is 6.88. The summed E-state index contributed by atoms with van der Waals surface area (Å²) in [6, 6.07) is 0. The highest BCUT2D eigenvalue weighted by molar-refractivity contribution is 5.68. The Kier molecular flexibility index (Phi) is 1.09. The van der Waals surface area contributed by atoms with E-state index in [0.29, 0.717) is 0 Å². The molecule has 0 aromatic rings. The first kappa shape index (κ1) is 6.24. The first-order valence-corrected chi connectivity index (χ1v) is 4.44. The van der Waals surface area contributed by atoms with E-state index in [9.17, 15) is 0 Å². The molecular weight excluding hydrogens is 144 g/mol. The highest BCUT2D eigenvalue weighted by atomic mass is 14.2. The molecule has 0 N–H and O–H groups in total. The van der Waals surface area contributed by atoms with Crippen LogP contribution in [0.15, 0.2) is 58.7 Å². The maximum absolute atomic E-state index is 2.31. The second-order valence-electron chi connectivity index (χ2n) is 3.39. The summed E-state index contributed by atoms with van der Waals surface area (Å²) in [5.74, 6) is 0. The van der Waals surface area contributed by atoms with E-state index in [1.54, 1.807) is 0 Å². The van der Waals surface area contributed by atoms with Crippen LogP contribution in [0, 0.1) is 0 Å². The van der Waals surface area contributed by atoms with Gasteiger partial charge in [-0.25, -0.2) is 0 Å². The standard InChI is InChI=1S/C12H10/c1-3-9-4-2-6-11-8-7-10(5-1)12(9)11/h1,3-4,6-8H,2,5H2. The third kappa shape index (κ3) is 0.672. The normalized spacial score (nSPS) is 24.0. The van der Waals surface area contributed by atoms with Crippen molar-refractivity contribution < 1.29 is 0 Å². The van der Waals surface area contributed by atoms with Crippen molar-refractivity contribution in [1.82, 2.24) is 0 Å². The molecule has 0 amide bonds. The first-order chi connectivity index (χ1) is 5.95. The smallest absolute Gasteiger partial charge is 0.00825 e. The molecule has 0 saturated heterocycles. The van der Waals surface area contributed by atoms with Gasteiger partial charge < -0.3 is 0 Å². The quantitative estimate of drug-likeness (QED) is 0.503. The maximum atomic E-state index is 2.31. The molecule has 0 bridgehead atoms. The van der Waals surface area contributed by atoms with Crippen molar-refractivity contribution in [1.29, 1.82) is 0 Å². The van der Waals surface area contributed by atoms with Crippen molar-refractivity contribution >= 4 is 0 Å². The van der Waals surface area contributed by atoms with E-state index in [1.165, 1.54) is 22.3 Å². The Balaban J connectivity index is 2.24. The Bertz CT molecular complexity index is 384. The van der Waals surface area contributed by atoms with Gasteiger partial charge in [0.2, 0.25) is 0 Å². The summed E-state index contributed by atoms with van der Waals surface area (Å²) in [4.78, 5) is 0. The molecule has 0 radical (unpaired) electrons. The summed E-state index contributed by atoms with van der Waals surface area (Å²) in [5.41, 5.74) is 5.85. The van der Waals surface area contributed by atoms with Gasteiger partial charge in [0.1, 0.15) is 0 Å². The molecule has 0 heterocycles. The predicted molar refractivity (Wildman–Crippen MR) is 50.7 cm³/mol. The van der Waals surface area contributed by atoms with Crippen LogP contribution in [0.1, 0.15) is 12.8 Å². The molecule has 58 valence electrons. The van der Waals surface area contributed by atoms with Gasteiger partial charge in [-0.2, -0.15) is 0 Å². The van der Waals surface area contributed by atoms with E-state index in [4.69, 9.17) is 0 Å². The average molecular weight is 154 g/mol. The highest BCUT2D eigenvalue weighted by Crippen LogP contribution is 2.38. The number of allylic oxidation sites excluding steroid dienone is 10. The van der Waals surface area contributed by atoms with Crippen molar-refractivity contribution in [2.24, 2.45) is 0 Å². The number of hydrogen-bond acceptors (Lipinski definition) is 0. The minimum absolute atomic E-state index is 1.09. The molecule has 3 aliphatic rings. The summed E-state index contributed by atoms with van der Waals surface area (Å²) >= 11 is 0. The van der Waals surface area contributed by atoms with E-state index >= 15 is 0 Å². The van der Waals surface area contributed by atoms with Gasteiger partial charge in [0.05, 0.1) is 0 Å². The van der Waals surface area contributed by atoms with Crippen molar-refractivity contribution in [2.75, 3.05) is 0 Å². The van der Waals surface area contributed by atoms with Crippen LogP contribution in [-0.2, 0) is 0 Å². The second kappa shape index (κ2) is 2.10. The van der Waals surface area contributed by atoms with Gasteiger partial charge in [-0.1, -0.05) is 36.5 Å². The Hall–Kier alpha value is -1.30. The van der Waals surface area contributed by atoms with Gasteiger partial charge in [-0.05, 0) is 35.1 Å². The van der Waals surface area contributed by atoms with E-state index in [-0.39, 0.29) is 0 Å². The highest BCUT2D eigenvalue weighted by Gasteiger charge is 2.20. The summed E-state index contributed by atoms with van der Waals surface area (Å²) in [7, 11) is 0. The monoisotopic (exact) mass is 154 g/mol. The molecule has 3 rings (SSSR count). The molecule has 0 saturated carbocycles. The fourth-order valence-electron chi connectivity index (χ4n) is 2.11. The third-order valence-corrected chi connectivity index (χ3v) is 2.67. The minimum Gasteiger partial charge on any atom is -0.0795 e. The van der Waals surface area contributed by atoms with Gasteiger partial charge in [-0.15, -0.1) is 0 Å². The van der Waals surface area contributed by atoms with Crippen LogP contribution in [0.2, 0.25) is 0 Å². The summed E-state index contributed by atoms with van der Waals surface area (Å²) in [5, 5.41) is 0. The number of hydrogen-bond donors (Lipinski definition) is 0. The lowest BCUT2D eigenvalue weighted by Crippen LogP contribution is -1.98. The van der Waals surface area contributed by atoms with Gasteiger partial charge in [0, 0.05) is 0 Å². The molecule has 0 spiro atoms. The topological polar surface area (TPSA) is 0 Å². The Morgan fingerprint density at radius 3 is 2.67 bits per heavy atom. The van der Waals surface area contributed by atoms with Crippen molar-refractivity contribution in [2.45, 2.75) is 12.8 Å². The summed E-state index contributed by atoms with van der Waals surface area (Å²) in [6.07, 6.45) is 15.8. The molecule has 0 aromatic carbocycles. The van der Waals surface area contributed by atoms with E-state index in [1.807, 2.05) is 0 Å². The lowest BCUT2D eigenvalue weighted by Gasteiger charge is -2.16. The summed E-state index contributed by atoms with van der Waals surface area (Å²) < 4.78 is 0. The molecule has 0 aliphatic heterocycles. The maximum Gasteiger partial charge on any atom is -0.00825 e. The van der Waals surface area contributed by atoms with E-state index in [0.717, 1.165) is 12.8 Å². The molecular formula is C12H10. The lowest BCUT2D eigenvalue weighted by atomic mass is 9.88. The van der Waals surface area contributed by atoms with Crippen LogP contribution in [0.3, 0.4) is 0 Å². The van der Waals surface area contributed by atoms with Crippen LogP contribution >= 0.6 is 0 Å².